The highest BCUT2D eigenvalue weighted by molar-refractivity contribution is 8.00. The van der Waals surface area contributed by atoms with Gasteiger partial charge in [0.25, 0.3) is 5.91 Å². The van der Waals surface area contributed by atoms with Crippen molar-refractivity contribution >= 4 is 35.6 Å². The number of carboxylic acids is 1. The van der Waals surface area contributed by atoms with Crippen molar-refractivity contribution in [2.75, 3.05) is 25.2 Å². The molecular formula is C10H14N6O4S2. The number of amides is 1. The molecule has 10 nitrogen and oxygen atoms in total. The molecule has 3 N–H and O–H groups in total. The second-order valence-electron chi connectivity index (χ2n) is 5.16. The van der Waals surface area contributed by atoms with Crippen LogP contribution in [0.5, 0.6) is 0 Å². The molecule has 3 atom stereocenters. The number of β-lactam (4-membered cyclic amide) rings is 1. The maximum absolute atomic E-state index is 12.1. The van der Waals surface area contributed by atoms with Crippen LogP contribution in [0, 0.1) is 5.41 Å². The molecule has 0 radical (unpaired) electrons. The Balaban J connectivity index is 1.74. The summed E-state index contributed by atoms with van der Waals surface area (Å²) in [5, 5.41) is 20.0. The van der Waals surface area contributed by atoms with Crippen molar-refractivity contribution in [1.82, 2.24) is 24.5 Å². The number of fused-ring (bicyclic) bond motifs is 1. The normalized spacial score (nSPS) is 34.2. The molecule has 2 fully saturated rings. The lowest BCUT2D eigenvalue weighted by molar-refractivity contribution is -0.190. The Hall–Kier alpha value is -1.37. The lowest BCUT2D eigenvalue weighted by Gasteiger charge is -2.57. The maximum Gasteiger partial charge on any atom is 0.313 e. The minimum absolute atomic E-state index is 0.0935. The molecule has 3 rings (SSSR count). The van der Waals surface area contributed by atoms with E-state index in [0.29, 0.717) is 5.75 Å². The summed E-state index contributed by atoms with van der Waals surface area (Å²) in [6.45, 7) is 0.0935. The molecule has 1 aromatic rings. The van der Waals surface area contributed by atoms with E-state index in [9.17, 15) is 14.7 Å². The molecule has 0 spiro atoms. The van der Waals surface area contributed by atoms with Crippen LogP contribution in [0.2, 0.25) is 0 Å². The molecule has 1 amide bonds. The first-order valence-corrected chi connectivity index (χ1v) is 8.28. The number of hydrogen-bond donors (Lipinski definition) is 2. The van der Waals surface area contributed by atoms with Gasteiger partial charge in [-0.15, -0.1) is 16.9 Å². The summed E-state index contributed by atoms with van der Waals surface area (Å²) in [6.07, 6.45) is 1.39. The average molecular weight is 346 g/mol. The number of aliphatic carboxylic acids is 1. The van der Waals surface area contributed by atoms with Gasteiger partial charge < -0.3 is 14.7 Å². The van der Waals surface area contributed by atoms with Crippen LogP contribution >= 0.6 is 23.7 Å². The van der Waals surface area contributed by atoms with Gasteiger partial charge in [0.05, 0.1) is 0 Å². The van der Waals surface area contributed by atoms with Crippen LogP contribution in [-0.2, 0) is 14.3 Å². The minimum Gasteiger partial charge on any atom is -0.481 e. The predicted molar refractivity (Wildman–Crippen MR) is 77.6 cm³/mol. The predicted octanol–water partition coefficient (Wildman–Crippen LogP) is -1.54. The summed E-state index contributed by atoms with van der Waals surface area (Å²) in [5.41, 5.74) is 3.47. The Kier molecular flexibility index (Phi) is 3.79. The highest BCUT2D eigenvalue weighted by atomic mass is 32.2. The van der Waals surface area contributed by atoms with Gasteiger partial charge >= 0.3 is 5.97 Å². The van der Waals surface area contributed by atoms with Gasteiger partial charge in [0, 0.05) is 25.2 Å². The fraction of sp³-hybridized carbons (Fsp3) is 0.700. The number of hydrogen-bond acceptors (Lipinski definition) is 9. The quantitative estimate of drug-likeness (QED) is 0.476. The molecule has 0 aromatic carbocycles. The summed E-state index contributed by atoms with van der Waals surface area (Å²) in [5.74, 6) is -0.778. The van der Waals surface area contributed by atoms with E-state index in [1.165, 1.54) is 46.1 Å². The van der Waals surface area contributed by atoms with E-state index in [4.69, 9.17) is 10.5 Å². The molecule has 3 heterocycles. The second kappa shape index (κ2) is 5.37. The van der Waals surface area contributed by atoms with Gasteiger partial charge in [0.1, 0.15) is 10.8 Å². The Morgan fingerprint density at radius 3 is 3.09 bits per heavy atom. The van der Waals surface area contributed by atoms with Crippen LogP contribution in [0.3, 0.4) is 0 Å². The number of carbonyl (C=O) groups is 2. The highest BCUT2D eigenvalue weighted by Gasteiger charge is 2.64. The summed E-state index contributed by atoms with van der Waals surface area (Å²) in [4.78, 5) is 25.3. The molecule has 0 aliphatic carbocycles. The van der Waals surface area contributed by atoms with Crippen LogP contribution in [0.15, 0.2) is 6.33 Å². The third-order valence-electron chi connectivity index (χ3n) is 3.83. The zero-order valence-corrected chi connectivity index (χ0v) is 13.2. The van der Waals surface area contributed by atoms with Crippen molar-refractivity contribution < 1.29 is 19.4 Å². The molecule has 120 valence electrons. The molecule has 0 bridgehead atoms. The summed E-state index contributed by atoms with van der Waals surface area (Å²) < 4.78 is 6.48. The topological polar surface area (TPSA) is 136 Å². The fourth-order valence-corrected chi connectivity index (χ4v) is 5.06. The first kappa shape index (κ1) is 15.5. The second-order valence-corrected chi connectivity index (χ2v) is 7.15. The highest BCUT2D eigenvalue weighted by Crippen LogP contribution is 2.47. The van der Waals surface area contributed by atoms with Crippen molar-refractivity contribution in [3.05, 3.63) is 6.33 Å². The molecule has 0 saturated carbocycles. The van der Waals surface area contributed by atoms with Gasteiger partial charge in [-0.3, -0.25) is 15.3 Å². The number of ether oxygens (including phenoxy) is 1. The lowest BCUT2D eigenvalue weighted by atomic mass is 9.88. The number of aromatic nitrogens is 4. The van der Waals surface area contributed by atoms with Crippen molar-refractivity contribution in [1.29, 1.82) is 0 Å². The average Bonchev–Trinajstić information content (AvgIpc) is 3.04. The molecular weight excluding hydrogens is 332 g/mol. The van der Waals surface area contributed by atoms with E-state index in [1.54, 1.807) is 0 Å². The zero-order chi connectivity index (χ0) is 16.0. The monoisotopic (exact) mass is 346 g/mol. The van der Waals surface area contributed by atoms with E-state index in [-0.39, 0.29) is 23.6 Å². The van der Waals surface area contributed by atoms with E-state index in [1.807, 2.05) is 0 Å². The molecule has 2 saturated heterocycles. The van der Waals surface area contributed by atoms with E-state index >= 15 is 0 Å². The van der Waals surface area contributed by atoms with Gasteiger partial charge in [-0.05, 0) is 22.4 Å². The van der Waals surface area contributed by atoms with Gasteiger partial charge in [-0.25, -0.2) is 0 Å². The number of methoxy groups -OCH3 is 1. The van der Waals surface area contributed by atoms with Gasteiger partial charge in [0.2, 0.25) is 5.72 Å². The van der Waals surface area contributed by atoms with Crippen LogP contribution in [-0.4, -0.2) is 77.8 Å². The zero-order valence-electron chi connectivity index (χ0n) is 11.6. The van der Waals surface area contributed by atoms with Gasteiger partial charge in [-0.2, -0.15) is 4.09 Å². The van der Waals surface area contributed by atoms with Crippen LogP contribution in [0.4, 0.5) is 0 Å². The van der Waals surface area contributed by atoms with Gasteiger partial charge in [-0.1, -0.05) is 0 Å². The number of nitrogens with two attached hydrogens (primary N) is 1. The third-order valence-corrected chi connectivity index (χ3v) is 6.58. The van der Waals surface area contributed by atoms with Crippen LogP contribution in [0.25, 0.3) is 0 Å². The minimum atomic E-state index is -1.35. The smallest absolute Gasteiger partial charge is 0.313 e. The SMILES string of the molecule is COC1(N)C(=O)N2CC(CSn3cnnn3)(C(=O)O)CS[C@@H]21. The standard InChI is InChI=1S/C10H14N6O4S2/c1-20-10(11)6(17)15-2-9(8(18)19,3-21-7(10)15)4-22-16-5-12-13-14-16/h5,7H,2-4,11H2,1H3,(H,18,19)/t7-,9?,10?/m1/s1. The molecule has 22 heavy (non-hydrogen) atoms. The number of rotatable bonds is 5. The number of tetrazole rings is 1. The van der Waals surface area contributed by atoms with E-state index in [2.05, 4.69) is 15.5 Å². The number of thioether (sulfide) groups is 1. The van der Waals surface area contributed by atoms with E-state index in [0.717, 1.165) is 0 Å². The molecule has 2 aliphatic heterocycles. The molecule has 1 aromatic heterocycles. The number of carboxylic acid groups (broad SMARTS) is 1. The summed E-state index contributed by atoms with van der Waals surface area (Å²) >= 11 is 2.50. The first-order valence-electron chi connectivity index (χ1n) is 6.29. The number of carbonyl (C=O) groups excluding carboxylic acids is 1. The molecule has 2 unspecified atom stereocenters. The Labute approximate surface area is 133 Å². The van der Waals surface area contributed by atoms with Crippen molar-refractivity contribution in [3.8, 4) is 0 Å². The van der Waals surface area contributed by atoms with Crippen molar-refractivity contribution in [3.63, 3.8) is 0 Å². The third kappa shape index (κ3) is 2.17. The Morgan fingerprint density at radius 2 is 2.50 bits per heavy atom. The number of nitrogens with zero attached hydrogens (tertiary/aromatic N) is 5. The molecule has 12 heteroatoms. The summed E-state index contributed by atoms with van der Waals surface area (Å²) in [6, 6.07) is 0. The van der Waals surface area contributed by atoms with Crippen molar-refractivity contribution in [2.24, 2.45) is 11.1 Å². The van der Waals surface area contributed by atoms with Crippen molar-refractivity contribution in [2.45, 2.75) is 11.1 Å². The maximum atomic E-state index is 12.1. The van der Waals surface area contributed by atoms with Gasteiger partial charge in [0.15, 0.2) is 6.33 Å². The fourth-order valence-electron chi connectivity index (χ4n) is 2.45. The van der Waals surface area contributed by atoms with E-state index < -0.39 is 17.1 Å². The lowest BCUT2D eigenvalue weighted by Crippen LogP contribution is -2.81. The van der Waals surface area contributed by atoms with Crippen LogP contribution < -0.4 is 5.73 Å². The van der Waals surface area contributed by atoms with Crippen LogP contribution in [0.1, 0.15) is 0 Å². The Morgan fingerprint density at radius 1 is 1.73 bits per heavy atom. The summed E-state index contributed by atoms with van der Waals surface area (Å²) in [7, 11) is 1.38. The Bertz CT molecular complexity index is 600. The largest absolute Gasteiger partial charge is 0.481 e. The first-order chi connectivity index (χ1) is 10.4. The molecule has 2 aliphatic rings.